The molecule has 110 valence electrons. The van der Waals surface area contributed by atoms with Crippen LogP contribution in [0.15, 0.2) is 17.8 Å². The van der Waals surface area contributed by atoms with E-state index in [1.807, 2.05) is 19.9 Å². The summed E-state index contributed by atoms with van der Waals surface area (Å²) in [4.78, 5) is 27.5. The maximum atomic E-state index is 12.4. The van der Waals surface area contributed by atoms with Gasteiger partial charge in [-0.05, 0) is 19.9 Å². The number of hydrogen-bond acceptors (Lipinski definition) is 6. The molecule has 0 aliphatic carbocycles. The quantitative estimate of drug-likeness (QED) is 0.845. The summed E-state index contributed by atoms with van der Waals surface area (Å²) in [5, 5.41) is 0. The third-order valence-corrected chi connectivity index (χ3v) is 4.07. The van der Waals surface area contributed by atoms with Crippen molar-refractivity contribution in [3.63, 3.8) is 0 Å². The van der Waals surface area contributed by atoms with Crippen LogP contribution in [0.5, 0.6) is 0 Å². The molecule has 2 aromatic rings. The van der Waals surface area contributed by atoms with Gasteiger partial charge in [0.15, 0.2) is 0 Å². The number of morpholine rings is 1. The van der Waals surface area contributed by atoms with Gasteiger partial charge in [0.05, 0.1) is 30.6 Å². The molecule has 0 spiro atoms. The summed E-state index contributed by atoms with van der Waals surface area (Å²) in [6.07, 6.45) is 1.41. The highest BCUT2D eigenvalue weighted by atomic mass is 32.1. The van der Waals surface area contributed by atoms with Crippen molar-refractivity contribution in [2.24, 2.45) is 0 Å². The molecule has 3 rings (SSSR count). The average molecular weight is 304 g/mol. The molecule has 1 amide bonds. The Morgan fingerprint density at radius 2 is 2.29 bits per heavy atom. The molecule has 3 heterocycles. The van der Waals surface area contributed by atoms with Crippen LogP contribution in [0, 0.1) is 13.8 Å². The number of carbonyl (C=O) groups excluding carboxylic acids is 1. The lowest BCUT2D eigenvalue weighted by Gasteiger charge is -2.32. The summed E-state index contributed by atoms with van der Waals surface area (Å²) in [6.45, 7) is 5.40. The molecule has 6 nitrogen and oxygen atoms in total. The van der Waals surface area contributed by atoms with E-state index >= 15 is 0 Å². The molecule has 0 bridgehead atoms. The number of aryl methyl sites for hydroxylation is 2. The van der Waals surface area contributed by atoms with Gasteiger partial charge >= 0.3 is 0 Å². The molecule has 0 aromatic carbocycles. The van der Waals surface area contributed by atoms with Crippen LogP contribution in [0.4, 0.5) is 0 Å². The second-order valence-electron chi connectivity index (χ2n) is 4.96. The molecule has 1 unspecified atom stereocenters. The summed E-state index contributed by atoms with van der Waals surface area (Å²) in [6, 6.07) is 1.92. The molecule has 1 aliphatic rings. The van der Waals surface area contributed by atoms with Crippen molar-refractivity contribution in [3.8, 4) is 0 Å². The first-order chi connectivity index (χ1) is 10.1. The van der Waals surface area contributed by atoms with E-state index in [1.54, 1.807) is 16.6 Å². The Kier molecular flexibility index (Phi) is 3.94. The molecule has 21 heavy (non-hydrogen) atoms. The van der Waals surface area contributed by atoms with Crippen LogP contribution >= 0.6 is 11.3 Å². The number of hydrogen-bond donors (Lipinski definition) is 0. The van der Waals surface area contributed by atoms with Gasteiger partial charge in [-0.2, -0.15) is 0 Å². The molecule has 2 aromatic heterocycles. The highest BCUT2D eigenvalue weighted by Crippen LogP contribution is 2.23. The summed E-state index contributed by atoms with van der Waals surface area (Å²) < 4.78 is 5.78. The molecule has 1 fully saturated rings. The Hall–Kier alpha value is -1.86. The summed E-state index contributed by atoms with van der Waals surface area (Å²) in [7, 11) is 0. The molecule has 0 saturated carbocycles. The lowest BCUT2D eigenvalue weighted by atomic mass is 10.1. The molecule has 7 heteroatoms. The first kappa shape index (κ1) is 14.1. The van der Waals surface area contributed by atoms with E-state index in [4.69, 9.17) is 4.74 Å². The fourth-order valence-corrected chi connectivity index (χ4v) is 2.99. The third kappa shape index (κ3) is 3.08. The van der Waals surface area contributed by atoms with Crippen molar-refractivity contribution >= 4 is 17.2 Å². The molecular weight excluding hydrogens is 288 g/mol. The van der Waals surface area contributed by atoms with Crippen LogP contribution < -0.4 is 0 Å². The summed E-state index contributed by atoms with van der Waals surface area (Å²) in [5.41, 5.74) is 3.41. The second-order valence-corrected chi connectivity index (χ2v) is 5.84. The number of amides is 1. The van der Waals surface area contributed by atoms with Crippen molar-refractivity contribution in [3.05, 3.63) is 39.9 Å². The van der Waals surface area contributed by atoms with Crippen LogP contribution in [-0.4, -0.2) is 45.5 Å². The zero-order chi connectivity index (χ0) is 14.8. The summed E-state index contributed by atoms with van der Waals surface area (Å²) >= 11 is 1.36. The topological polar surface area (TPSA) is 68.2 Å². The van der Waals surface area contributed by atoms with Crippen molar-refractivity contribution in [2.45, 2.75) is 20.0 Å². The van der Waals surface area contributed by atoms with Crippen molar-refractivity contribution in [1.29, 1.82) is 0 Å². The average Bonchev–Trinajstić information content (AvgIpc) is 3.00. The SMILES string of the molecule is Cc1cc(C2CN(C(=O)c3cncs3)CCO2)nc(C)n1. The van der Waals surface area contributed by atoms with Crippen molar-refractivity contribution < 1.29 is 9.53 Å². The van der Waals surface area contributed by atoms with Crippen LogP contribution in [0.2, 0.25) is 0 Å². The van der Waals surface area contributed by atoms with Gasteiger partial charge in [-0.3, -0.25) is 9.78 Å². The Morgan fingerprint density at radius 1 is 1.43 bits per heavy atom. The zero-order valence-corrected chi connectivity index (χ0v) is 12.8. The standard InChI is InChI=1S/C14H16N4O2S/c1-9-5-11(17-10(2)16-9)12-7-18(3-4-20-12)14(19)13-6-15-8-21-13/h5-6,8,12H,3-4,7H2,1-2H3. The number of rotatable bonds is 2. The van der Waals surface area contributed by atoms with Crippen LogP contribution in [0.3, 0.4) is 0 Å². The van der Waals surface area contributed by atoms with E-state index in [2.05, 4.69) is 15.0 Å². The predicted octanol–water partition coefficient (Wildman–Crippen LogP) is 1.76. The van der Waals surface area contributed by atoms with Crippen molar-refractivity contribution in [1.82, 2.24) is 19.9 Å². The fraction of sp³-hybridized carbons (Fsp3) is 0.429. The van der Waals surface area contributed by atoms with E-state index in [9.17, 15) is 4.79 Å². The van der Waals surface area contributed by atoms with Crippen LogP contribution in [-0.2, 0) is 4.74 Å². The van der Waals surface area contributed by atoms with E-state index in [0.717, 1.165) is 17.2 Å². The smallest absolute Gasteiger partial charge is 0.265 e. The van der Waals surface area contributed by atoms with Gasteiger partial charge < -0.3 is 9.64 Å². The maximum absolute atomic E-state index is 12.4. The minimum atomic E-state index is -0.198. The van der Waals surface area contributed by atoms with Crippen LogP contribution in [0.1, 0.15) is 33.0 Å². The van der Waals surface area contributed by atoms with Gasteiger partial charge in [0.2, 0.25) is 0 Å². The predicted molar refractivity (Wildman–Crippen MR) is 78.2 cm³/mol. The van der Waals surface area contributed by atoms with Gasteiger partial charge in [-0.1, -0.05) is 0 Å². The largest absolute Gasteiger partial charge is 0.368 e. The number of carbonyl (C=O) groups is 1. The molecule has 1 atom stereocenters. The number of ether oxygens (including phenoxy) is 1. The van der Waals surface area contributed by atoms with E-state index < -0.39 is 0 Å². The second kappa shape index (κ2) is 5.87. The highest BCUT2D eigenvalue weighted by Gasteiger charge is 2.27. The van der Waals surface area contributed by atoms with Gasteiger partial charge in [-0.15, -0.1) is 11.3 Å². The molecule has 1 aliphatic heterocycles. The lowest BCUT2D eigenvalue weighted by Crippen LogP contribution is -2.42. The Labute approximate surface area is 126 Å². The fourth-order valence-electron chi connectivity index (χ4n) is 2.40. The third-order valence-electron chi connectivity index (χ3n) is 3.31. The van der Waals surface area contributed by atoms with E-state index in [-0.39, 0.29) is 12.0 Å². The van der Waals surface area contributed by atoms with E-state index in [1.165, 1.54) is 11.3 Å². The Bertz CT molecular complexity index is 624. The lowest BCUT2D eigenvalue weighted by molar-refractivity contribution is -0.0247. The Balaban J connectivity index is 1.78. The zero-order valence-electron chi connectivity index (χ0n) is 11.9. The minimum absolute atomic E-state index is 0.00769. The Morgan fingerprint density at radius 3 is 3.00 bits per heavy atom. The minimum Gasteiger partial charge on any atom is -0.368 e. The normalized spacial score (nSPS) is 18.8. The van der Waals surface area contributed by atoms with Gasteiger partial charge in [0.25, 0.3) is 5.91 Å². The van der Waals surface area contributed by atoms with Gasteiger partial charge in [0.1, 0.15) is 16.8 Å². The first-order valence-electron chi connectivity index (χ1n) is 6.75. The first-order valence-corrected chi connectivity index (χ1v) is 7.63. The van der Waals surface area contributed by atoms with Crippen LogP contribution in [0.25, 0.3) is 0 Å². The number of thiazole rings is 1. The number of nitrogens with zero attached hydrogens (tertiary/aromatic N) is 4. The van der Waals surface area contributed by atoms with E-state index in [0.29, 0.717) is 24.6 Å². The van der Waals surface area contributed by atoms with Crippen molar-refractivity contribution in [2.75, 3.05) is 19.7 Å². The van der Waals surface area contributed by atoms with Gasteiger partial charge in [-0.25, -0.2) is 9.97 Å². The molecule has 0 N–H and O–H groups in total. The van der Waals surface area contributed by atoms with Gasteiger partial charge in [0, 0.05) is 12.2 Å². The molecule has 0 radical (unpaired) electrons. The highest BCUT2D eigenvalue weighted by molar-refractivity contribution is 7.11. The monoisotopic (exact) mass is 304 g/mol. The molecule has 1 saturated heterocycles. The molecular formula is C14H16N4O2S. The maximum Gasteiger partial charge on any atom is 0.265 e. The summed E-state index contributed by atoms with van der Waals surface area (Å²) in [5.74, 6) is 0.729. The number of aromatic nitrogens is 3.